The summed E-state index contributed by atoms with van der Waals surface area (Å²) in [7, 11) is 0. The number of aliphatic hydroxyl groups is 1. The van der Waals surface area contributed by atoms with Gasteiger partial charge in [-0.05, 0) is 30.0 Å². The highest BCUT2D eigenvalue weighted by Gasteiger charge is 2.50. The molecular formula is C27H33ClF2N2O2. The molecule has 1 amide bonds. The maximum absolute atomic E-state index is 14.7. The molecule has 1 aliphatic carbocycles. The van der Waals surface area contributed by atoms with E-state index >= 15 is 0 Å². The second kappa shape index (κ2) is 9.56. The Kier molecular flexibility index (Phi) is 7.05. The molecule has 3 fully saturated rings. The molecule has 2 heterocycles. The van der Waals surface area contributed by atoms with Crippen molar-refractivity contribution in [3.8, 4) is 0 Å². The van der Waals surface area contributed by atoms with Gasteiger partial charge in [0.15, 0.2) is 0 Å². The van der Waals surface area contributed by atoms with E-state index in [0.29, 0.717) is 37.8 Å². The molecule has 184 valence electrons. The Morgan fingerprint density at radius 3 is 2.21 bits per heavy atom. The largest absolute Gasteiger partial charge is 0.384 e. The molecule has 7 heteroatoms. The van der Waals surface area contributed by atoms with Crippen molar-refractivity contribution in [3.63, 3.8) is 0 Å². The SMILES string of the molecule is CC1CN(C(=O)[C@@H]2CN(C3CC3)C[C@H]2c2ccc(F)cc2F)CC(C)C1(O)c1ccccc1.Cl. The van der Waals surface area contributed by atoms with Crippen molar-refractivity contribution in [2.75, 3.05) is 26.2 Å². The number of halogens is 3. The molecule has 4 atom stereocenters. The summed E-state index contributed by atoms with van der Waals surface area (Å²) in [6.45, 7) is 6.11. The van der Waals surface area contributed by atoms with Gasteiger partial charge in [-0.3, -0.25) is 9.69 Å². The van der Waals surface area contributed by atoms with Crippen LogP contribution in [0, 0.1) is 29.4 Å². The van der Waals surface area contributed by atoms with Crippen LogP contribution in [0.5, 0.6) is 0 Å². The summed E-state index contributed by atoms with van der Waals surface area (Å²) < 4.78 is 28.3. The lowest BCUT2D eigenvalue weighted by atomic mass is 9.70. The minimum Gasteiger partial charge on any atom is -0.384 e. The molecule has 0 aromatic heterocycles. The number of carbonyl (C=O) groups excluding carboxylic acids is 1. The van der Waals surface area contributed by atoms with Crippen molar-refractivity contribution < 1.29 is 18.7 Å². The highest BCUT2D eigenvalue weighted by Crippen LogP contribution is 2.44. The molecule has 1 N–H and O–H groups in total. The summed E-state index contributed by atoms with van der Waals surface area (Å²) in [5.41, 5.74) is 0.303. The van der Waals surface area contributed by atoms with E-state index in [2.05, 4.69) is 4.90 Å². The Bertz CT molecular complexity index is 1020. The predicted octanol–water partition coefficient (Wildman–Crippen LogP) is 4.57. The van der Waals surface area contributed by atoms with Gasteiger partial charge in [0.1, 0.15) is 11.6 Å². The van der Waals surface area contributed by atoms with E-state index in [1.54, 1.807) is 0 Å². The molecule has 2 saturated heterocycles. The first-order chi connectivity index (χ1) is 15.8. The van der Waals surface area contributed by atoms with Crippen LogP contribution >= 0.6 is 12.4 Å². The van der Waals surface area contributed by atoms with Crippen molar-refractivity contribution in [3.05, 3.63) is 71.3 Å². The molecule has 2 aromatic rings. The van der Waals surface area contributed by atoms with Crippen LogP contribution in [0.25, 0.3) is 0 Å². The van der Waals surface area contributed by atoms with Gasteiger partial charge in [-0.15, -0.1) is 12.4 Å². The van der Waals surface area contributed by atoms with Crippen molar-refractivity contribution in [1.82, 2.24) is 9.80 Å². The third kappa shape index (κ3) is 4.36. The number of benzene rings is 2. The summed E-state index contributed by atoms with van der Waals surface area (Å²) in [5, 5.41) is 11.6. The number of likely N-dealkylation sites (tertiary alicyclic amines) is 2. The van der Waals surface area contributed by atoms with E-state index in [4.69, 9.17) is 0 Å². The lowest BCUT2D eigenvalue weighted by Gasteiger charge is -2.48. The number of rotatable bonds is 4. The van der Waals surface area contributed by atoms with Gasteiger partial charge in [-0.1, -0.05) is 50.2 Å². The standard InChI is InChI=1S/C27H32F2N2O2.ClH/c1-17-13-31(14-18(2)27(17,33)19-6-4-3-5-7-19)26(32)24-16-30(21-9-10-21)15-23(24)22-11-8-20(28)12-25(22)29;/h3-8,11-12,17-18,21,23-24,33H,9-10,13-16H2,1-2H3;1H/t17?,18?,23-,24+,27?;/m0./s1. The highest BCUT2D eigenvalue weighted by atomic mass is 35.5. The number of piperidine rings is 1. The Morgan fingerprint density at radius 2 is 1.62 bits per heavy atom. The number of amides is 1. The van der Waals surface area contributed by atoms with E-state index in [9.17, 15) is 18.7 Å². The molecule has 1 saturated carbocycles. The van der Waals surface area contributed by atoms with Gasteiger partial charge in [-0.25, -0.2) is 8.78 Å². The van der Waals surface area contributed by atoms with Crippen LogP contribution in [0.4, 0.5) is 8.78 Å². The van der Waals surface area contributed by atoms with Gasteiger partial charge in [0.05, 0.1) is 11.5 Å². The molecule has 2 aromatic carbocycles. The average Bonchev–Trinajstić information content (AvgIpc) is 3.56. The lowest BCUT2D eigenvalue weighted by Crippen LogP contribution is -2.57. The number of hydrogen-bond acceptors (Lipinski definition) is 3. The van der Waals surface area contributed by atoms with Gasteiger partial charge in [-0.2, -0.15) is 0 Å². The van der Waals surface area contributed by atoms with Crippen molar-refractivity contribution >= 4 is 18.3 Å². The average molecular weight is 491 g/mol. The fraction of sp³-hybridized carbons (Fsp3) is 0.519. The molecule has 34 heavy (non-hydrogen) atoms. The monoisotopic (exact) mass is 490 g/mol. The molecule has 0 radical (unpaired) electrons. The molecule has 0 spiro atoms. The van der Waals surface area contributed by atoms with E-state index in [1.165, 1.54) is 12.1 Å². The first-order valence-corrected chi connectivity index (χ1v) is 12.0. The smallest absolute Gasteiger partial charge is 0.227 e. The molecule has 5 rings (SSSR count). The minimum absolute atomic E-state index is 0. The zero-order valence-electron chi connectivity index (χ0n) is 19.7. The van der Waals surface area contributed by atoms with Crippen LogP contribution in [-0.2, 0) is 10.4 Å². The van der Waals surface area contributed by atoms with Crippen LogP contribution in [0.3, 0.4) is 0 Å². The Morgan fingerprint density at radius 1 is 0.971 bits per heavy atom. The van der Waals surface area contributed by atoms with Crippen LogP contribution in [0.1, 0.15) is 43.7 Å². The molecule has 2 aliphatic heterocycles. The topological polar surface area (TPSA) is 43.8 Å². The molecule has 3 aliphatic rings. The Balaban J connectivity index is 0.00000274. The number of carbonyl (C=O) groups is 1. The third-order valence-corrected chi connectivity index (χ3v) is 8.13. The third-order valence-electron chi connectivity index (χ3n) is 8.13. The first kappa shape index (κ1) is 25.1. The fourth-order valence-corrected chi connectivity index (χ4v) is 6.13. The summed E-state index contributed by atoms with van der Waals surface area (Å²) in [6, 6.07) is 13.9. The number of nitrogens with zero attached hydrogens (tertiary/aromatic N) is 2. The van der Waals surface area contributed by atoms with Crippen LogP contribution in [-0.4, -0.2) is 53.0 Å². The summed E-state index contributed by atoms with van der Waals surface area (Å²) in [6.07, 6.45) is 2.23. The van der Waals surface area contributed by atoms with Crippen molar-refractivity contribution in [2.45, 2.75) is 44.2 Å². The van der Waals surface area contributed by atoms with Crippen molar-refractivity contribution in [1.29, 1.82) is 0 Å². The fourth-order valence-electron chi connectivity index (χ4n) is 6.13. The quantitative estimate of drug-likeness (QED) is 0.683. The predicted molar refractivity (Wildman–Crippen MR) is 130 cm³/mol. The van der Waals surface area contributed by atoms with Gasteiger partial charge in [0.2, 0.25) is 5.91 Å². The van der Waals surface area contributed by atoms with E-state index < -0.39 is 17.2 Å². The van der Waals surface area contributed by atoms with E-state index in [0.717, 1.165) is 24.5 Å². The first-order valence-electron chi connectivity index (χ1n) is 12.0. The summed E-state index contributed by atoms with van der Waals surface area (Å²) in [5.74, 6) is -2.11. The van der Waals surface area contributed by atoms with Crippen LogP contribution in [0.2, 0.25) is 0 Å². The van der Waals surface area contributed by atoms with Gasteiger partial charge in [0.25, 0.3) is 0 Å². The zero-order valence-corrected chi connectivity index (χ0v) is 20.5. The van der Waals surface area contributed by atoms with Gasteiger partial charge in [0, 0.05) is 56.0 Å². The zero-order chi connectivity index (χ0) is 23.3. The second-order valence-corrected chi connectivity index (χ2v) is 10.3. The highest BCUT2D eigenvalue weighted by molar-refractivity contribution is 5.85. The normalized spacial score (nSPS) is 31.9. The van der Waals surface area contributed by atoms with Crippen molar-refractivity contribution in [2.24, 2.45) is 17.8 Å². The summed E-state index contributed by atoms with van der Waals surface area (Å²) >= 11 is 0. The molecule has 0 bridgehead atoms. The number of hydrogen-bond donors (Lipinski definition) is 1. The molecule has 4 nitrogen and oxygen atoms in total. The maximum atomic E-state index is 14.7. The molecule has 2 unspecified atom stereocenters. The second-order valence-electron chi connectivity index (χ2n) is 10.3. The maximum Gasteiger partial charge on any atom is 0.227 e. The van der Waals surface area contributed by atoms with Crippen LogP contribution < -0.4 is 0 Å². The Hall–Kier alpha value is -2.02. The van der Waals surface area contributed by atoms with Crippen LogP contribution in [0.15, 0.2) is 48.5 Å². The Labute approximate surface area is 206 Å². The minimum atomic E-state index is -1.00. The van der Waals surface area contributed by atoms with E-state index in [-0.39, 0.29) is 42.0 Å². The van der Waals surface area contributed by atoms with E-state index in [1.807, 2.05) is 49.1 Å². The molecular weight excluding hydrogens is 458 g/mol. The summed E-state index contributed by atoms with van der Waals surface area (Å²) in [4.78, 5) is 18.0. The van der Waals surface area contributed by atoms with Gasteiger partial charge >= 0.3 is 0 Å². The van der Waals surface area contributed by atoms with Gasteiger partial charge < -0.3 is 10.0 Å². The lowest BCUT2D eigenvalue weighted by molar-refractivity contribution is -0.152.